The second kappa shape index (κ2) is 5.25. The molecule has 0 fully saturated rings. The highest BCUT2D eigenvalue weighted by Gasteiger charge is 2.15. The summed E-state index contributed by atoms with van der Waals surface area (Å²) in [4.78, 5) is 10.9. The first-order chi connectivity index (χ1) is 7.45. The lowest BCUT2D eigenvalue weighted by Gasteiger charge is -2.11. The second-order valence-corrected chi connectivity index (χ2v) is 3.64. The van der Waals surface area contributed by atoms with Gasteiger partial charge in [-0.3, -0.25) is 0 Å². The molecule has 0 bridgehead atoms. The summed E-state index contributed by atoms with van der Waals surface area (Å²) in [5.74, 6) is -1.31. The molecule has 1 N–H and O–H groups in total. The molecule has 0 spiro atoms. The van der Waals surface area contributed by atoms with Gasteiger partial charge in [0.15, 0.2) is 0 Å². The van der Waals surface area contributed by atoms with Crippen LogP contribution in [-0.4, -0.2) is 17.7 Å². The molecule has 0 radical (unpaired) electrons. The van der Waals surface area contributed by atoms with Crippen molar-refractivity contribution in [2.75, 3.05) is 0 Å². The fraction of sp³-hybridized carbons (Fsp3) is 0.300. The summed E-state index contributed by atoms with van der Waals surface area (Å²) in [6.07, 6.45) is 0. The minimum atomic E-state index is -2.96. The highest BCUT2D eigenvalue weighted by molar-refractivity contribution is 9.08. The number of alkyl halides is 3. The molecule has 0 saturated carbocycles. The average Bonchev–Trinajstić information content (AvgIpc) is 2.15. The van der Waals surface area contributed by atoms with E-state index in [1.807, 2.05) is 0 Å². The maximum absolute atomic E-state index is 12.0. The molecular weight excluding hydrogens is 286 g/mol. The molecule has 0 heterocycles. The van der Waals surface area contributed by atoms with Crippen LogP contribution in [0, 0.1) is 6.92 Å². The van der Waals surface area contributed by atoms with Crippen LogP contribution in [0.5, 0.6) is 5.75 Å². The fourth-order valence-corrected chi connectivity index (χ4v) is 2.07. The van der Waals surface area contributed by atoms with Crippen molar-refractivity contribution in [1.82, 2.24) is 0 Å². The molecule has 3 nitrogen and oxygen atoms in total. The first-order valence-corrected chi connectivity index (χ1v) is 5.45. The number of aromatic carboxylic acids is 1. The molecule has 16 heavy (non-hydrogen) atoms. The first-order valence-electron chi connectivity index (χ1n) is 4.33. The SMILES string of the molecule is Cc1cc(OC(F)F)cc(C(=O)O)c1CBr. The van der Waals surface area contributed by atoms with Gasteiger partial charge in [0.1, 0.15) is 5.75 Å². The topological polar surface area (TPSA) is 46.5 Å². The molecule has 0 aliphatic rings. The molecule has 6 heteroatoms. The standard InChI is InChI=1S/C10H9BrF2O3/c1-5-2-6(16-10(12)13)3-7(9(14)15)8(5)4-11/h2-3,10H,4H2,1H3,(H,14,15). The van der Waals surface area contributed by atoms with Gasteiger partial charge in [-0.05, 0) is 30.2 Å². The molecule has 88 valence electrons. The van der Waals surface area contributed by atoms with Crippen LogP contribution in [0.3, 0.4) is 0 Å². The Bertz CT molecular complexity index is 407. The van der Waals surface area contributed by atoms with Crippen LogP contribution < -0.4 is 4.74 Å². The van der Waals surface area contributed by atoms with Crippen LogP contribution in [0.4, 0.5) is 8.78 Å². The van der Waals surface area contributed by atoms with Crippen LogP contribution in [0.2, 0.25) is 0 Å². The number of rotatable bonds is 4. The van der Waals surface area contributed by atoms with Crippen molar-refractivity contribution < 1.29 is 23.4 Å². The van der Waals surface area contributed by atoms with Gasteiger partial charge in [0.25, 0.3) is 0 Å². The molecule has 1 aromatic rings. The lowest BCUT2D eigenvalue weighted by molar-refractivity contribution is -0.0499. The van der Waals surface area contributed by atoms with Gasteiger partial charge < -0.3 is 9.84 Å². The van der Waals surface area contributed by atoms with Gasteiger partial charge >= 0.3 is 12.6 Å². The molecule has 0 aliphatic carbocycles. The summed E-state index contributed by atoms with van der Waals surface area (Å²) in [7, 11) is 0. The quantitative estimate of drug-likeness (QED) is 0.868. The van der Waals surface area contributed by atoms with E-state index < -0.39 is 12.6 Å². The average molecular weight is 295 g/mol. The van der Waals surface area contributed by atoms with Crippen LogP contribution in [0.1, 0.15) is 21.5 Å². The third kappa shape index (κ3) is 2.91. The van der Waals surface area contributed by atoms with Crippen molar-refractivity contribution in [3.63, 3.8) is 0 Å². The lowest BCUT2D eigenvalue weighted by Crippen LogP contribution is -2.07. The zero-order chi connectivity index (χ0) is 12.3. The number of ether oxygens (including phenoxy) is 1. The van der Waals surface area contributed by atoms with Gasteiger partial charge in [-0.1, -0.05) is 15.9 Å². The Morgan fingerprint density at radius 2 is 2.19 bits per heavy atom. The Morgan fingerprint density at radius 1 is 1.56 bits per heavy atom. The van der Waals surface area contributed by atoms with E-state index >= 15 is 0 Å². The van der Waals surface area contributed by atoms with Gasteiger partial charge in [-0.25, -0.2) is 4.79 Å². The van der Waals surface area contributed by atoms with Crippen molar-refractivity contribution >= 4 is 21.9 Å². The Hall–Kier alpha value is -1.17. The summed E-state index contributed by atoms with van der Waals surface area (Å²) in [6, 6.07) is 2.48. The van der Waals surface area contributed by atoms with E-state index in [0.29, 0.717) is 16.5 Å². The predicted octanol–water partition coefficient (Wildman–Crippen LogP) is 3.19. The van der Waals surface area contributed by atoms with Crippen molar-refractivity contribution in [1.29, 1.82) is 0 Å². The zero-order valence-corrected chi connectivity index (χ0v) is 9.92. The number of benzene rings is 1. The van der Waals surface area contributed by atoms with Crippen molar-refractivity contribution in [3.8, 4) is 5.75 Å². The minimum absolute atomic E-state index is 0.0347. The maximum atomic E-state index is 12.0. The normalized spacial score (nSPS) is 10.6. The Morgan fingerprint density at radius 3 is 2.62 bits per heavy atom. The van der Waals surface area contributed by atoms with Gasteiger partial charge in [0, 0.05) is 5.33 Å². The second-order valence-electron chi connectivity index (χ2n) is 3.08. The minimum Gasteiger partial charge on any atom is -0.478 e. The molecule has 1 rings (SSSR count). The highest BCUT2D eigenvalue weighted by Crippen LogP contribution is 2.25. The zero-order valence-electron chi connectivity index (χ0n) is 8.34. The molecule has 0 atom stereocenters. The van der Waals surface area contributed by atoms with E-state index in [4.69, 9.17) is 5.11 Å². The van der Waals surface area contributed by atoms with E-state index in [2.05, 4.69) is 20.7 Å². The number of halogens is 3. The molecule has 0 amide bonds. The number of hydrogen-bond acceptors (Lipinski definition) is 2. The molecule has 0 unspecified atom stereocenters. The Kier molecular flexibility index (Phi) is 4.23. The summed E-state index contributed by atoms with van der Waals surface area (Å²) in [5.41, 5.74) is 1.11. The monoisotopic (exact) mass is 294 g/mol. The predicted molar refractivity (Wildman–Crippen MR) is 57.4 cm³/mol. The van der Waals surface area contributed by atoms with Crippen molar-refractivity contribution in [3.05, 3.63) is 28.8 Å². The van der Waals surface area contributed by atoms with Crippen molar-refractivity contribution in [2.24, 2.45) is 0 Å². The van der Waals surface area contributed by atoms with Crippen LogP contribution in [0.15, 0.2) is 12.1 Å². The van der Waals surface area contributed by atoms with Crippen LogP contribution in [-0.2, 0) is 5.33 Å². The summed E-state index contributed by atoms with van der Waals surface area (Å²) in [5, 5.41) is 9.26. The third-order valence-corrected chi connectivity index (χ3v) is 2.60. The smallest absolute Gasteiger partial charge is 0.387 e. The number of carbonyl (C=O) groups is 1. The number of carboxylic acid groups (broad SMARTS) is 1. The fourth-order valence-electron chi connectivity index (χ4n) is 1.32. The molecule has 0 aliphatic heterocycles. The summed E-state index contributed by atoms with van der Waals surface area (Å²) >= 11 is 3.15. The van der Waals surface area contributed by atoms with E-state index in [0.717, 1.165) is 6.07 Å². The van der Waals surface area contributed by atoms with E-state index in [1.54, 1.807) is 6.92 Å². The van der Waals surface area contributed by atoms with Gasteiger partial charge in [0.05, 0.1) is 5.56 Å². The molecule has 1 aromatic carbocycles. The first kappa shape index (κ1) is 12.9. The maximum Gasteiger partial charge on any atom is 0.387 e. The van der Waals surface area contributed by atoms with Gasteiger partial charge in [-0.15, -0.1) is 0 Å². The van der Waals surface area contributed by atoms with E-state index in [-0.39, 0.29) is 11.3 Å². The lowest BCUT2D eigenvalue weighted by atomic mass is 10.0. The summed E-state index contributed by atoms with van der Waals surface area (Å²) in [6.45, 7) is -1.32. The third-order valence-electron chi connectivity index (χ3n) is 2.04. The van der Waals surface area contributed by atoms with Gasteiger partial charge in [-0.2, -0.15) is 8.78 Å². The van der Waals surface area contributed by atoms with Gasteiger partial charge in [0.2, 0.25) is 0 Å². The number of hydrogen-bond donors (Lipinski definition) is 1. The van der Waals surface area contributed by atoms with E-state index in [9.17, 15) is 13.6 Å². The largest absolute Gasteiger partial charge is 0.478 e. The molecule has 0 aromatic heterocycles. The van der Waals surface area contributed by atoms with Crippen LogP contribution >= 0.6 is 15.9 Å². The number of aryl methyl sites for hydroxylation is 1. The Balaban J connectivity index is 3.22. The summed E-state index contributed by atoms with van der Waals surface area (Å²) < 4.78 is 28.2. The van der Waals surface area contributed by atoms with E-state index in [1.165, 1.54) is 6.07 Å². The van der Waals surface area contributed by atoms with Crippen molar-refractivity contribution in [2.45, 2.75) is 18.9 Å². The molecular formula is C10H9BrF2O3. The Labute approximate surface area is 99.2 Å². The molecule has 0 saturated heterocycles. The number of carboxylic acids is 1. The highest BCUT2D eigenvalue weighted by atomic mass is 79.9. The van der Waals surface area contributed by atoms with Crippen LogP contribution in [0.25, 0.3) is 0 Å².